The third-order valence-corrected chi connectivity index (χ3v) is 4.72. The highest BCUT2D eigenvalue weighted by Crippen LogP contribution is 2.22. The van der Waals surface area contributed by atoms with E-state index in [0.29, 0.717) is 13.2 Å². The third-order valence-electron chi connectivity index (χ3n) is 3.32. The van der Waals surface area contributed by atoms with E-state index in [1.54, 1.807) is 0 Å². The van der Waals surface area contributed by atoms with Crippen LogP contribution in [0.5, 0.6) is 0 Å². The molecule has 5 nitrogen and oxygen atoms in total. The zero-order chi connectivity index (χ0) is 15.5. The van der Waals surface area contributed by atoms with Crippen molar-refractivity contribution in [3.8, 4) is 0 Å². The minimum atomic E-state index is -4.53. The fourth-order valence-corrected chi connectivity index (χ4v) is 2.86. The molecule has 0 radical (unpaired) electrons. The number of nitrogens with zero attached hydrogens (tertiary/aromatic N) is 1. The molecular weight excluding hydrogens is 302 g/mol. The van der Waals surface area contributed by atoms with E-state index in [9.17, 15) is 17.2 Å². The second kappa shape index (κ2) is 6.67. The van der Waals surface area contributed by atoms with Crippen LogP contribution in [0.2, 0.25) is 0 Å². The Morgan fingerprint density at radius 1 is 1.38 bits per heavy atom. The van der Waals surface area contributed by atoms with E-state index in [1.807, 2.05) is 11.9 Å². The number of likely N-dealkylation sites (N-methyl/N-ethyl adjacent to an activating group) is 1. The first-order valence-corrected chi connectivity index (χ1v) is 8.11. The third kappa shape index (κ3) is 3.90. The summed E-state index contributed by atoms with van der Waals surface area (Å²) in [7, 11) is -2.69. The molecule has 0 saturated carbocycles. The first-order chi connectivity index (χ1) is 9.91. The van der Waals surface area contributed by atoms with Crippen LogP contribution < -0.4 is 10.2 Å². The maximum atomic E-state index is 12.4. The quantitative estimate of drug-likeness (QED) is 0.881. The predicted molar refractivity (Wildman–Crippen MR) is 75.5 cm³/mol. The minimum absolute atomic E-state index is 0.0493. The maximum absolute atomic E-state index is 12.4. The van der Waals surface area contributed by atoms with Gasteiger partial charge in [-0.15, -0.1) is 0 Å². The van der Waals surface area contributed by atoms with E-state index < -0.39 is 15.6 Å². The molecule has 1 unspecified atom stereocenters. The molecule has 118 valence electrons. The average molecular weight is 320 g/mol. The van der Waals surface area contributed by atoms with E-state index in [0.717, 1.165) is 18.8 Å². The van der Waals surface area contributed by atoms with Gasteiger partial charge in [0.2, 0.25) is 9.84 Å². The zero-order valence-corrected chi connectivity index (χ0v) is 12.4. The van der Waals surface area contributed by atoms with Crippen LogP contribution in [0, 0.1) is 0 Å². The molecule has 1 aliphatic rings. The summed E-state index contributed by atoms with van der Waals surface area (Å²) in [6.07, 6.45) is 0.0493. The highest BCUT2D eigenvalue weighted by atomic mass is 32.2. The normalized spacial score (nSPS) is 19.7. The molecule has 2 rings (SSSR count). The molecule has 0 amide bonds. The Balaban J connectivity index is 2.04. The van der Waals surface area contributed by atoms with Crippen LogP contribution in [0.25, 0.3) is 0 Å². The summed E-state index contributed by atoms with van der Waals surface area (Å²) in [5.41, 5.74) is 0.748. The zero-order valence-electron chi connectivity index (χ0n) is 11.6. The maximum Gasteiger partial charge on any atom is 0.341 e. The van der Waals surface area contributed by atoms with Gasteiger partial charge in [-0.3, -0.25) is 0 Å². The Labute approximate surface area is 122 Å². The summed E-state index contributed by atoms with van der Waals surface area (Å²) >= 11 is 0. The number of sulfone groups is 1. The van der Waals surface area contributed by atoms with Crippen molar-refractivity contribution in [2.24, 2.45) is 0 Å². The first-order valence-electron chi connectivity index (χ1n) is 6.57. The van der Waals surface area contributed by atoms with Crippen LogP contribution in [-0.4, -0.2) is 53.6 Å². The number of benzene rings is 1. The predicted octanol–water partition coefficient (Wildman–Crippen LogP) is 1.11. The molecule has 8 heteroatoms. The number of morpholine rings is 1. The van der Waals surface area contributed by atoms with Crippen molar-refractivity contribution in [3.63, 3.8) is 0 Å². The van der Waals surface area contributed by atoms with Crippen LogP contribution in [0.15, 0.2) is 29.2 Å². The molecule has 1 aliphatic heterocycles. The van der Waals surface area contributed by atoms with E-state index in [-0.39, 0.29) is 11.0 Å². The van der Waals surface area contributed by atoms with Crippen molar-refractivity contribution in [2.45, 2.75) is 16.8 Å². The largest absolute Gasteiger partial charge is 0.374 e. The molecule has 1 aromatic rings. The van der Waals surface area contributed by atoms with Gasteiger partial charge in [0, 0.05) is 32.4 Å². The van der Waals surface area contributed by atoms with Gasteiger partial charge in [-0.2, -0.15) is 8.78 Å². The minimum Gasteiger partial charge on any atom is -0.374 e. The number of nitrogens with one attached hydrogen (secondary N) is 1. The summed E-state index contributed by atoms with van der Waals surface area (Å²) in [5, 5.41) is 3.22. The Morgan fingerprint density at radius 3 is 2.57 bits per heavy atom. The number of anilines is 1. The number of halogens is 2. The lowest BCUT2D eigenvalue weighted by Crippen LogP contribution is -2.44. The molecule has 21 heavy (non-hydrogen) atoms. The van der Waals surface area contributed by atoms with Gasteiger partial charge in [-0.05, 0) is 24.3 Å². The molecule has 0 spiro atoms. The van der Waals surface area contributed by atoms with Gasteiger partial charge in [-0.1, -0.05) is 0 Å². The lowest BCUT2D eigenvalue weighted by Gasteiger charge is -2.29. The van der Waals surface area contributed by atoms with Crippen LogP contribution in [-0.2, 0) is 14.6 Å². The van der Waals surface area contributed by atoms with E-state index in [2.05, 4.69) is 5.32 Å². The summed E-state index contributed by atoms with van der Waals surface area (Å²) in [4.78, 5) is 1.53. The second-order valence-electron chi connectivity index (χ2n) is 4.88. The van der Waals surface area contributed by atoms with E-state index in [1.165, 1.54) is 24.3 Å². The van der Waals surface area contributed by atoms with Crippen molar-refractivity contribution in [1.82, 2.24) is 5.32 Å². The van der Waals surface area contributed by atoms with Crippen molar-refractivity contribution < 1.29 is 21.9 Å². The summed E-state index contributed by atoms with van der Waals surface area (Å²) in [6.45, 7) is 2.88. The summed E-state index contributed by atoms with van der Waals surface area (Å²) in [6, 6.07) is 5.44. The molecule has 1 saturated heterocycles. The van der Waals surface area contributed by atoms with Gasteiger partial charge in [0.25, 0.3) is 0 Å². The smallest absolute Gasteiger partial charge is 0.341 e. The van der Waals surface area contributed by atoms with Gasteiger partial charge in [0.1, 0.15) is 0 Å². The summed E-state index contributed by atoms with van der Waals surface area (Å²) < 4.78 is 53.1. The van der Waals surface area contributed by atoms with Gasteiger partial charge in [-0.25, -0.2) is 8.42 Å². The van der Waals surface area contributed by atoms with E-state index in [4.69, 9.17) is 4.74 Å². The van der Waals surface area contributed by atoms with Gasteiger partial charge in [0.15, 0.2) is 0 Å². The lowest BCUT2D eigenvalue weighted by atomic mass is 10.2. The molecule has 1 aromatic carbocycles. The number of rotatable bonds is 5. The van der Waals surface area contributed by atoms with Crippen molar-refractivity contribution in [3.05, 3.63) is 24.3 Å². The Hall–Kier alpha value is -1.25. The topological polar surface area (TPSA) is 58.6 Å². The van der Waals surface area contributed by atoms with Crippen molar-refractivity contribution in [1.29, 1.82) is 0 Å². The number of hydrogen-bond acceptors (Lipinski definition) is 5. The standard InChI is InChI=1S/C13H18F2N2O3S/c1-17(9-11-8-16-6-7-20-11)10-2-4-12(5-3-10)21(18,19)13(14)15/h2-5,11,13,16H,6-9H2,1H3. The molecule has 1 fully saturated rings. The number of ether oxygens (including phenoxy) is 1. The highest BCUT2D eigenvalue weighted by molar-refractivity contribution is 7.91. The van der Waals surface area contributed by atoms with Crippen LogP contribution in [0.3, 0.4) is 0 Å². The number of alkyl halides is 2. The fraction of sp³-hybridized carbons (Fsp3) is 0.538. The SMILES string of the molecule is CN(CC1CNCCO1)c1ccc(S(=O)(=O)C(F)F)cc1. The first kappa shape index (κ1) is 16.1. The Morgan fingerprint density at radius 2 is 2.05 bits per heavy atom. The van der Waals surface area contributed by atoms with Gasteiger partial charge >= 0.3 is 5.76 Å². The monoisotopic (exact) mass is 320 g/mol. The molecule has 0 aromatic heterocycles. The molecular formula is C13H18F2N2O3S. The Bertz CT molecular complexity index is 557. The molecule has 0 bridgehead atoms. The Kier molecular flexibility index (Phi) is 5.13. The van der Waals surface area contributed by atoms with Crippen LogP contribution >= 0.6 is 0 Å². The molecule has 1 atom stereocenters. The highest BCUT2D eigenvalue weighted by Gasteiger charge is 2.26. The van der Waals surface area contributed by atoms with Crippen molar-refractivity contribution >= 4 is 15.5 Å². The van der Waals surface area contributed by atoms with Crippen LogP contribution in [0.1, 0.15) is 0 Å². The fourth-order valence-electron chi connectivity index (χ4n) is 2.14. The van der Waals surface area contributed by atoms with Crippen molar-refractivity contribution in [2.75, 3.05) is 38.2 Å². The molecule has 0 aliphatic carbocycles. The molecule has 1 heterocycles. The lowest BCUT2D eigenvalue weighted by molar-refractivity contribution is 0.0340. The number of hydrogen-bond donors (Lipinski definition) is 1. The van der Waals surface area contributed by atoms with Crippen LogP contribution in [0.4, 0.5) is 14.5 Å². The van der Waals surface area contributed by atoms with Gasteiger partial charge < -0.3 is 15.0 Å². The second-order valence-corrected chi connectivity index (χ2v) is 6.79. The summed E-state index contributed by atoms with van der Waals surface area (Å²) in [5.74, 6) is -3.40. The van der Waals surface area contributed by atoms with Gasteiger partial charge in [0.05, 0.1) is 17.6 Å². The molecule has 1 N–H and O–H groups in total. The average Bonchev–Trinajstić information content (AvgIpc) is 2.48. The van der Waals surface area contributed by atoms with E-state index >= 15 is 0 Å².